The second-order valence-corrected chi connectivity index (χ2v) is 6.68. The molecular weight excluding hydrogens is 345 g/mol. The number of nitrogens with zero attached hydrogens (tertiary/aromatic N) is 1. The van der Waals surface area contributed by atoms with Crippen LogP contribution >= 0.6 is 11.6 Å². The smallest absolute Gasteiger partial charge is 0.340 e. The number of aromatic carboxylic acids is 1. The molecule has 0 saturated heterocycles. The maximum atomic E-state index is 13.2. The summed E-state index contributed by atoms with van der Waals surface area (Å²) in [4.78, 5) is 16.3. The van der Waals surface area contributed by atoms with E-state index in [1.54, 1.807) is 24.3 Å². The number of benzene rings is 2. The molecule has 1 heterocycles. The van der Waals surface area contributed by atoms with Gasteiger partial charge in [-0.2, -0.15) is 0 Å². The van der Waals surface area contributed by atoms with Crippen LogP contribution in [0, 0.1) is 5.82 Å². The van der Waals surface area contributed by atoms with Gasteiger partial charge in [0.25, 0.3) is 0 Å². The van der Waals surface area contributed by atoms with E-state index in [0.717, 1.165) is 5.56 Å². The quantitative estimate of drug-likeness (QED) is 0.723. The van der Waals surface area contributed by atoms with Gasteiger partial charge in [0.2, 0.25) is 0 Å². The molecule has 1 fully saturated rings. The first-order valence-corrected chi connectivity index (χ1v) is 8.12. The SMILES string of the molecule is O=C(O)c1c(O)c(C2(c3ccc(F)cc3)CC2)nc2cc(Cl)ccc12. The Labute approximate surface area is 147 Å². The second-order valence-electron chi connectivity index (χ2n) is 6.24. The molecule has 4 rings (SSSR count). The van der Waals surface area contributed by atoms with E-state index in [2.05, 4.69) is 4.98 Å². The van der Waals surface area contributed by atoms with Crippen LogP contribution in [0.1, 0.15) is 34.5 Å². The van der Waals surface area contributed by atoms with E-state index in [0.29, 0.717) is 34.5 Å². The second kappa shape index (κ2) is 5.43. The van der Waals surface area contributed by atoms with Gasteiger partial charge >= 0.3 is 5.97 Å². The van der Waals surface area contributed by atoms with E-state index in [1.807, 2.05) is 0 Å². The van der Waals surface area contributed by atoms with Crippen molar-refractivity contribution < 1.29 is 19.4 Å². The molecule has 126 valence electrons. The zero-order chi connectivity index (χ0) is 17.8. The first-order valence-electron chi connectivity index (χ1n) is 7.74. The molecule has 2 N–H and O–H groups in total. The predicted molar refractivity (Wildman–Crippen MR) is 91.8 cm³/mol. The minimum atomic E-state index is -1.23. The first kappa shape index (κ1) is 15.8. The van der Waals surface area contributed by atoms with Gasteiger partial charge in [-0.15, -0.1) is 0 Å². The summed E-state index contributed by atoms with van der Waals surface area (Å²) in [7, 11) is 0. The highest BCUT2D eigenvalue weighted by molar-refractivity contribution is 6.31. The van der Waals surface area contributed by atoms with Crippen molar-refractivity contribution in [3.8, 4) is 5.75 Å². The molecule has 0 unspecified atom stereocenters. The number of carboxylic acid groups (broad SMARTS) is 1. The third-order valence-corrected chi connectivity index (χ3v) is 4.97. The van der Waals surface area contributed by atoms with Gasteiger partial charge in [0.05, 0.1) is 11.2 Å². The summed E-state index contributed by atoms with van der Waals surface area (Å²) in [6.07, 6.45) is 1.40. The molecule has 0 atom stereocenters. The Kier molecular flexibility index (Phi) is 3.44. The minimum absolute atomic E-state index is 0.190. The number of fused-ring (bicyclic) bond motifs is 1. The molecule has 0 radical (unpaired) electrons. The van der Waals surface area contributed by atoms with Gasteiger partial charge in [-0.25, -0.2) is 14.2 Å². The molecule has 0 spiro atoms. The van der Waals surface area contributed by atoms with Crippen LogP contribution in [0.2, 0.25) is 5.02 Å². The van der Waals surface area contributed by atoms with Gasteiger partial charge < -0.3 is 10.2 Å². The van der Waals surface area contributed by atoms with Crippen molar-refractivity contribution in [3.63, 3.8) is 0 Å². The number of hydrogen-bond donors (Lipinski definition) is 2. The van der Waals surface area contributed by atoms with Crippen LogP contribution in [0.15, 0.2) is 42.5 Å². The minimum Gasteiger partial charge on any atom is -0.505 e. The number of pyridine rings is 1. The molecule has 0 aliphatic heterocycles. The van der Waals surface area contributed by atoms with Gasteiger partial charge in [0, 0.05) is 15.8 Å². The highest BCUT2D eigenvalue weighted by atomic mass is 35.5. The van der Waals surface area contributed by atoms with Crippen LogP contribution in [0.25, 0.3) is 10.9 Å². The summed E-state index contributed by atoms with van der Waals surface area (Å²) in [6.45, 7) is 0. The molecular formula is C19H13ClFNO3. The molecule has 3 aromatic rings. The van der Waals surface area contributed by atoms with E-state index in [4.69, 9.17) is 11.6 Å². The third kappa shape index (κ3) is 2.43. The van der Waals surface area contributed by atoms with E-state index < -0.39 is 11.4 Å². The number of carboxylic acids is 1. The fourth-order valence-electron chi connectivity index (χ4n) is 3.33. The fourth-order valence-corrected chi connectivity index (χ4v) is 3.50. The molecule has 25 heavy (non-hydrogen) atoms. The number of aromatic nitrogens is 1. The maximum absolute atomic E-state index is 13.2. The highest BCUT2D eigenvalue weighted by Gasteiger charge is 2.50. The Hall–Kier alpha value is -2.66. The molecule has 1 aliphatic rings. The Morgan fingerprint density at radius 2 is 1.84 bits per heavy atom. The monoisotopic (exact) mass is 357 g/mol. The Bertz CT molecular complexity index is 1010. The zero-order valence-corrected chi connectivity index (χ0v) is 13.7. The standard InChI is InChI=1S/C19H13ClFNO3/c20-11-3-6-13-14(9-11)22-17(16(23)15(13)18(24)25)19(7-8-19)10-1-4-12(21)5-2-10/h1-6,9,23H,7-8H2,(H,24,25). The molecule has 2 aromatic carbocycles. The van der Waals surface area contributed by atoms with Crippen LogP contribution in [-0.4, -0.2) is 21.2 Å². The summed E-state index contributed by atoms with van der Waals surface area (Å²) in [5.41, 5.74) is 0.718. The lowest BCUT2D eigenvalue weighted by Crippen LogP contribution is -2.14. The van der Waals surface area contributed by atoms with Crippen LogP contribution in [-0.2, 0) is 5.41 Å². The van der Waals surface area contributed by atoms with Crippen LogP contribution < -0.4 is 0 Å². The lowest BCUT2D eigenvalue weighted by molar-refractivity contribution is 0.0695. The number of halogens is 2. The van der Waals surface area contributed by atoms with Crippen molar-refractivity contribution in [3.05, 3.63) is 70.1 Å². The number of aromatic hydroxyl groups is 1. The van der Waals surface area contributed by atoms with Crippen molar-refractivity contribution >= 4 is 28.5 Å². The molecule has 1 saturated carbocycles. The number of hydrogen-bond acceptors (Lipinski definition) is 3. The van der Waals surface area contributed by atoms with Gasteiger partial charge in [-0.05, 0) is 42.7 Å². The summed E-state index contributed by atoms with van der Waals surface area (Å²) in [5.74, 6) is -1.93. The van der Waals surface area contributed by atoms with Crippen LogP contribution in [0.4, 0.5) is 4.39 Å². The van der Waals surface area contributed by atoms with Crippen LogP contribution in [0.5, 0.6) is 5.75 Å². The Balaban J connectivity index is 2.00. The van der Waals surface area contributed by atoms with Gasteiger partial charge in [-0.3, -0.25) is 0 Å². The van der Waals surface area contributed by atoms with Gasteiger partial charge in [-0.1, -0.05) is 29.8 Å². The van der Waals surface area contributed by atoms with Crippen LogP contribution in [0.3, 0.4) is 0 Å². The normalized spacial score (nSPS) is 15.3. The average molecular weight is 358 g/mol. The predicted octanol–water partition coefficient (Wildman–Crippen LogP) is 4.51. The Morgan fingerprint density at radius 1 is 1.16 bits per heavy atom. The fraction of sp³-hybridized carbons (Fsp3) is 0.158. The maximum Gasteiger partial charge on any atom is 0.340 e. The lowest BCUT2D eigenvalue weighted by Gasteiger charge is -2.19. The molecule has 1 aliphatic carbocycles. The third-order valence-electron chi connectivity index (χ3n) is 4.74. The molecule has 0 amide bonds. The summed E-state index contributed by atoms with van der Waals surface area (Å²) >= 11 is 6.02. The summed E-state index contributed by atoms with van der Waals surface area (Å²) < 4.78 is 13.2. The van der Waals surface area contributed by atoms with Crippen molar-refractivity contribution in [2.24, 2.45) is 0 Å². The topological polar surface area (TPSA) is 70.4 Å². The van der Waals surface area contributed by atoms with E-state index >= 15 is 0 Å². The summed E-state index contributed by atoms with van der Waals surface area (Å²) in [5, 5.41) is 21.0. The van der Waals surface area contributed by atoms with Crippen molar-refractivity contribution in [1.29, 1.82) is 0 Å². The zero-order valence-electron chi connectivity index (χ0n) is 13.0. The number of rotatable bonds is 3. The van der Waals surface area contributed by atoms with Crippen molar-refractivity contribution in [2.45, 2.75) is 18.3 Å². The molecule has 1 aromatic heterocycles. The van der Waals surface area contributed by atoms with Gasteiger partial charge in [0.1, 0.15) is 11.4 Å². The average Bonchev–Trinajstić information content (AvgIpc) is 3.36. The number of carbonyl (C=O) groups is 1. The Morgan fingerprint density at radius 3 is 2.44 bits per heavy atom. The molecule has 6 heteroatoms. The van der Waals surface area contributed by atoms with Crippen molar-refractivity contribution in [1.82, 2.24) is 4.98 Å². The van der Waals surface area contributed by atoms with E-state index in [-0.39, 0.29) is 17.1 Å². The van der Waals surface area contributed by atoms with E-state index in [1.165, 1.54) is 18.2 Å². The highest BCUT2D eigenvalue weighted by Crippen LogP contribution is 2.56. The lowest BCUT2D eigenvalue weighted by atomic mass is 9.89. The first-order chi connectivity index (χ1) is 11.9. The van der Waals surface area contributed by atoms with Gasteiger partial charge in [0.15, 0.2) is 5.75 Å². The largest absolute Gasteiger partial charge is 0.505 e. The van der Waals surface area contributed by atoms with E-state index in [9.17, 15) is 19.4 Å². The summed E-state index contributed by atoms with van der Waals surface area (Å²) in [6, 6.07) is 10.7. The van der Waals surface area contributed by atoms with Crippen molar-refractivity contribution in [2.75, 3.05) is 0 Å². The molecule has 0 bridgehead atoms. The molecule has 4 nitrogen and oxygen atoms in total.